The lowest BCUT2D eigenvalue weighted by Gasteiger charge is -2.09. The van der Waals surface area contributed by atoms with Crippen LogP contribution in [0.5, 0.6) is 0 Å². The van der Waals surface area contributed by atoms with Crippen LogP contribution in [0, 0.1) is 0 Å². The molecule has 0 aromatic rings. The van der Waals surface area contributed by atoms with Gasteiger partial charge in [-0.3, -0.25) is 0 Å². The molecule has 0 saturated carbocycles. The van der Waals surface area contributed by atoms with E-state index in [2.05, 4.69) is 13.5 Å². The van der Waals surface area contributed by atoms with Crippen molar-refractivity contribution in [1.82, 2.24) is 0 Å². The minimum atomic E-state index is -0.409. The first-order valence-electron chi connectivity index (χ1n) is 21.3. The standard InChI is InChI=1S/C42H82O12/c1-4-5-6-7-8-9-10-11-12-13-14-15-16-17-18-19-20-44-21-22-45-23-24-46-25-26-47-27-28-48-29-30-49-31-32-50-33-34-51-35-36-52-37-38-53-39-40-54-42(43)41(2)3/h2,4-40H2,1,3H3. The van der Waals surface area contributed by atoms with Gasteiger partial charge in [-0.05, 0) is 13.3 Å². The highest BCUT2D eigenvalue weighted by atomic mass is 16.6. The highest BCUT2D eigenvalue weighted by Crippen LogP contribution is 2.13. The minimum Gasteiger partial charge on any atom is -0.460 e. The third kappa shape index (κ3) is 47.0. The number of hydrogen-bond donors (Lipinski definition) is 0. The summed E-state index contributed by atoms with van der Waals surface area (Å²) in [7, 11) is 0. The van der Waals surface area contributed by atoms with Gasteiger partial charge in [0.05, 0.1) is 126 Å². The van der Waals surface area contributed by atoms with Gasteiger partial charge in [-0.2, -0.15) is 0 Å². The predicted octanol–water partition coefficient (Wildman–Crippen LogP) is 7.53. The number of carbonyl (C=O) groups excluding carboxylic acids is 1. The van der Waals surface area contributed by atoms with Crippen LogP contribution in [0.25, 0.3) is 0 Å². The third-order valence-corrected chi connectivity index (χ3v) is 8.30. The molecule has 0 unspecified atom stereocenters. The van der Waals surface area contributed by atoms with Gasteiger partial charge >= 0.3 is 5.97 Å². The van der Waals surface area contributed by atoms with E-state index < -0.39 is 5.97 Å². The first-order valence-corrected chi connectivity index (χ1v) is 21.3. The van der Waals surface area contributed by atoms with E-state index in [-0.39, 0.29) is 6.61 Å². The Balaban J connectivity index is 3.07. The molecule has 0 aliphatic rings. The fraction of sp³-hybridized carbons (Fsp3) is 0.929. The first-order chi connectivity index (χ1) is 26.7. The van der Waals surface area contributed by atoms with Crippen molar-refractivity contribution in [2.45, 2.75) is 117 Å². The second-order valence-corrected chi connectivity index (χ2v) is 13.3. The zero-order valence-corrected chi connectivity index (χ0v) is 34.8. The number of carbonyl (C=O) groups is 1. The predicted molar refractivity (Wildman–Crippen MR) is 214 cm³/mol. The van der Waals surface area contributed by atoms with Crippen molar-refractivity contribution >= 4 is 5.97 Å². The molecule has 0 aromatic heterocycles. The van der Waals surface area contributed by atoms with Crippen LogP contribution in [0.3, 0.4) is 0 Å². The molecular formula is C42H82O12. The summed E-state index contributed by atoms with van der Waals surface area (Å²) in [5.74, 6) is -0.409. The van der Waals surface area contributed by atoms with Gasteiger partial charge in [-0.15, -0.1) is 0 Å². The summed E-state index contributed by atoms with van der Waals surface area (Å²) in [4.78, 5) is 11.2. The lowest BCUT2D eigenvalue weighted by atomic mass is 10.0. The molecule has 0 aromatic carbocycles. The maximum Gasteiger partial charge on any atom is 0.333 e. The highest BCUT2D eigenvalue weighted by molar-refractivity contribution is 5.86. The molecule has 0 fully saturated rings. The molecule has 0 heterocycles. The maximum absolute atomic E-state index is 11.2. The number of hydrogen-bond acceptors (Lipinski definition) is 12. The van der Waals surface area contributed by atoms with Crippen molar-refractivity contribution in [3.05, 3.63) is 12.2 Å². The van der Waals surface area contributed by atoms with Crippen molar-refractivity contribution in [1.29, 1.82) is 0 Å². The molecule has 0 aliphatic carbocycles. The smallest absolute Gasteiger partial charge is 0.333 e. The number of esters is 1. The molecule has 322 valence electrons. The van der Waals surface area contributed by atoms with Crippen LogP contribution >= 0.6 is 0 Å². The number of rotatable bonds is 48. The highest BCUT2D eigenvalue weighted by Gasteiger charge is 2.02. The fourth-order valence-corrected chi connectivity index (χ4v) is 5.15. The van der Waals surface area contributed by atoms with E-state index in [9.17, 15) is 4.79 Å². The number of unbranched alkanes of at least 4 members (excludes halogenated alkanes) is 15. The summed E-state index contributed by atoms with van der Waals surface area (Å²) in [5, 5.41) is 0. The molecule has 0 atom stereocenters. The van der Waals surface area contributed by atoms with Gasteiger partial charge < -0.3 is 52.1 Å². The summed E-state index contributed by atoms with van der Waals surface area (Å²) >= 11 is 0. The van der Waals surface area contributed by atoms with E-state index >= 15 is 0 Å². The van der Waals surface area contributed by atoms with Crippen LogP contribution in [-0.4, -0.2) is 145 Å². The summed E-state index contributed by atoms with van der Waals surface area (Å²) in [5.41, 5.74) is 0.374. The van der Waals surface area contributed by atoms with Gasteiger partial charge in [0, 0.05) is 12.2 Å². The molecular weight excluding hydrogens is 696 g/mol. The van der Waals surface area contributed by atoms with Crippen LogP contribution in [-0.2, 0) is 56.9 Å². The summed E-state index contributed by atoms with van der Waals surface area (Å²) in [6.45, 7) is 18.1. The van der Waals surface area contributed by atoms with E-state index in [1.54, 1.807) is 6.92 Å². The van der Waals surface area contributed by atoms with Crippen molar-refractivity contribution in [2.24, 2.45) is 0 Å². The normalized spacial score (nSPS) is 11.4. The summed E-state index contributed by atoms with van der Waals surface area (Å²) in [6, 6.07) is 0. The monoisotopic (exact) mass is 779 g/mol. The maximum atomic E-state index is 11.2. The third-order valence-electron chi connectivity index (χ3n) is 8.30. The van der Waals surface area contributed by atoms with E-state index in [1.165, 1.54) is 96.3 Å². The van der Waals surface area contributed by atoms with E-state index in [1.807, 2.05) is 0 Å². The van der Waals surface area contributed by atoms with Gasteiger partial charge in [0.15, 0.2) is 0 Å². The van der Waals surface area contributed by atoms with Crippen molar-refractivity contribution in [3.63, 3.8) is 0 Å². The van der Waals surface area contributed by atoms with Crippen molar-refractivity contribution in [2.75, 3.05) is 139 Å². The first kappa shape index (κ1) is 52.8. The van der Waals surface area contributed by atoms with Crippen molar-refractivity contribution < 1.29 is 56.9 Å². The molecule has 54 heavy (non-hydrogen) atoms. The lowest BCUT2D eigenvalue weighted by Crippen LogP contribution is -2.15. The Morgan fingerprint density at radius 2 is 0.519 bits per heavy atom. The van der Waals surface area contributed by atoms with E-state index in [0.717, 1.165) is 13.0 Å². The molecule has 0 saturated heterocycles. The Kier molecular flexibility index (Phi) is 46.9. The minimum absolute atomic E-state index is 0.203. The van der Waals surface area contributed by atoms with E-state index in [0.29, 0.717) is 131 Å². The summed E-state index contributed by atoms with van der Waals surface area (Å²) < 4.78 is 59.9. The number of ether oxygens (including phenoxy) is 11. The molecule has 0 aliphatic heterocycles. The Morgan fingerprint density at radius 3 is 0.759 bits per heavy atom. The largest absolute Gasteiger partial charge is 0.460 e. The van der Waals surface area contributed by atoms with Gasteiger partial charge in [0.2, 0.25) is 0 Å². The topological polar surface area (TPSA) is 119 Å². The van der Waals surface area contributed by atoms with Crippen LogP contribution in [0.4, 0.5) is 0 Å². The Hall–Kier alpha value is -1.19. The van der Waals surface area contributed by atoms with E-state index in [4.69, 9.17) is 52.1 Å². The average Bonchev–Trinajstić information content (AvgIpc) is 3.17. The molecule has 0 amide bonds. The average molecular weight is 779 g/mol. The zero-order chi connectivity index (χ0) is 39.1. The molecule has 0 rings (SSSR count). The second kappa shape index (κ2) is 48.0. The SMILES string of the molecule is C=C(C)C(=O)OCCOCCOCCOCCOCCOCCOCCOCCOCCOCCOCCCCCCCCCCCCCCCCCC. The summed E-state index contributed by atoms with van der Waals surface area (Å²) in [6.07, 6.45) is 22.2. The molecule has 0 bridgehead atoms. The molecule has 12 nitrogen and oxygen atoms in total. The van der Waals surface area contributed by atoms with Crippen LogP contribution in [0.2, 0.25) is 0 Å². The quantitative estimate of drug-likeness (QED) is 0.0345. The molecule has 12 heteroatoms. The van der Waals surface area contributed by atoms with Gasteiger partial charge in [0.25, 0.3) is 0 Å². The Labute approximate surface area is 329 Å². The second-order valence-electron chi connectivity index (χ2n) is 13.3. The Morgan fingerprint density at radius 1 is 0.315 bits per heavy atom. The fourth-order valence-electron chi connectivity index (χ4n) is 5.15. The van der Waals surface area contributed by atoms with Gasteiger partial charge in [-0.25, -0.2) is 4.79 Å². The zero-order valence-electron chi connectivity index (χ0n) is 34.8. The van der Waals surface area contributed by atoms with Gasteiger partial charge in [-0.1, -0.05) is 110 Å². The van der Waals surface area contributed by atoms with Gasteiger partial charge in [0.1, 0.15) is 6.61 Å². The van der Waals surface area contributed by atoms with Crippen LogP contribution < -0.4 is 0 Å². The van der Waals surface area contributed by atoms with Crippen LogP contribution in [0.15, 0.2) is 12.2 Å². The van der Waals surface area contributed by atoms with Crippen LogP contribution in [0.1, 0.15) is 117 Å². The molecule has 0 spiro atoms. The van der Waals surface area contributed by atoms with Crippen molar-refractivity contribution in [3.8, 4) is 0 Å². The molecule has 0 N–H and O–H groups in total. The lowest BCUT2D eigenvalue weighted by molar-refractivity contribution is -0.140. The molecule has 0 radical (unpaired) electrons. The Bertz CT molecular complexity index is 742.